The standard InChI is InChI=1S/C19H24N2O/c1-14(2)17-6-3-15(4-7-17)13-21-9-10-22-19-11-16(12-20)5-8-18(19)21/h3-8,11,14H,9-10,12-13,20H2,1-2H3. The molecule has 0 saturated heterocycles. The molecule has 0 aliphatic carbocycles. The van der Waals surface area contributed by atoms with Crippen LogP contribution >= 0.6 is 0 Å². The van der Waals surface area contributed by atoms with Crippen molar-refractivity contribution >= 4 is 5.69 Å². The first-order valence-corrected chi connectivity index (χ1v) is 7.97. The summed E-state index contributed by atoms with van der Waals surface area (Å²) in [7, 11) is 0. The van der Waals surface area contributed by atoms with Crippen LogP contribution in [0, 0.1) is 0 Å². The van der Waals surface area contributed by atoms with E-state index in [0.29, 0.717) is 12.5 Å². The van der Waals surface area contributed by atoms with Gasteiger partial charge < -0.3 is 15.4 Å². The summed E-state index contributed by atoms with van der Waals surface area (Å²) in [5, 5.41) is 0. The molecular weight excluding hydrogens is 272 g/mol. The largest absolute Gasteiger partial charge is 0.490 e. The number of nitrogens with two attached hydrogens (primary N) is 1. The van der Waals surface area contributed by atoms with Crippen LogP contribution in [-0.4, -0.2) is 13.2 Å². The summed E-state index contributed by atoms with van der Waals surface area (Å²) in [5.74, 6) is 1.53. The lowest BCUT2D eigenvalue weighted by Gasteiger charge is -2.31. The number of hydrogen-bond donors (Lipinski definition) is 1. The molecule has 0 radical (unpaired) electrons. The number of benzene rings is 2. The van der Waals surface area contributed by atoms with Crippen molar-refractivity contribution in [3.05, 3.63) is 59.2 Å². The number of rotatable bonds is 4. The Bertz CT molecular complexity index is 634. The highest BCUT2D eigenvalue weighted by Gasteiger charge is 2.18. The Morgan fingerprint density at radius 1 is 1.09 bits per heavy atom. The minimum atomic E-state index is 0.549. The highest BCUT2D eigenvalue weighted by molar-refractivity contribution is 5.61. The molecule has 3 rings (SSSR count). The molecule has 2 aromatic carbocycles. The SMILES string of the molecule is CC(C)c1ccc(CN2CCOc3cc(CN)ccc32)cc1. The molecular formula is C19H24N2O. The maximum Gasteiger partial charge on any atom is 0.143 e. The smallest absolute Gasteiger partial charge is 0.143 e. The predicted octanol–water partition coefficient (Wildman–Crippen LogP) is 3.67. The molecule has 22 heavy (non-hydrogen) atoms. The van der Waals surface area contributed by atoms with E-state index in [1.807, 2.05) is 0 Å². The average molecular weight is 296 g/mol. The first kappa shape index (κ1) is 14.9. The van der Waals surface area contributed by atoms with Crippen LogP contribution in [-0.2, 0) is 13.1 Å². The lowest BCUT2D eigenvalue weighted by atomic mass is 10.0. The van der Waals surface area contributed by atoms with Gasteiger partial charge in [0.05, 0.1) is 12.2 Å². The van der Waals surface area contributed by atoms with Crippen LogP contribution in [0.4, 0.5) is 5.69 Å². The first-order chi connectivity index (χ1) is 10.7. The van der Waals surface area contributed by atoms with Gasteiger partial charge in [0, 0.05) is 13.1 Å². The number of anilines is 1. The maximum atomic E-state index is 5.79. The minimum Gasteiger partial charge on any atom is -0.490 e. The Hall–Kier alpha value is -2.00. The van der Waals surface area contributed by atoms with E-state index in [1.165, 1.54) is 11.1 Å². The van der Waals surface area contributed by atoms with E-state index in [2.05, 4.69) is 61.2 Å². The first-order valence-electron chi connectivity index (χ1n) is 7.97. The summed E-state index contributed by atoms with van der Waals surface area (Å²) < 4.78 is 5.79. The van der Waals surface area contributed by atoms with Gasteiger partial charge in [-0.15, -0.1) is 0 Å². The quantitative estimate of drug-likeness (QED) is 0.935. The van der Waals surface area contributed by atoms with Gasteiger partial charge in [0.25, 0.3) is 0 Å². The molecule has 0 unspecified atom stereocenters. The fourth-order valence-corrected chi connectivity index (χ4v) is 2.84. The van der Waals surface area contributed by atoms with Gasteiger partial charge in [-0.05, 0) is 34.7 Å². The van der Waals surface area contributed by atoms with Crippen molar-refractivity contribution < 1.29 is 4.74 Å². The van der Waals surface area contributed by atoms with Crippen LogP contribution < -0.4 is 15.4 Å². The van der Waals surface area contributed by atoms with E-state index < -0.39 is 0 Å². The predicted molar refractivity (Wildman–Crippen MR) is 91.4 cm³/mol. The second-order valence-corrected chi connectivity index (χ2v) is 6.17. The van der Waals surface area contributed by atoms with Gasteiger partial charge in [-0.25, -0.2) is 0 Å². The normalized spacial score (nSPS) is 13.9. The van der Waals surface area contributed by atoms with Gasteiger partial charge in [-0.3, -0.25) is 0 Å². The molecule has 2 N–H and O–H groups in total. The second kappa shape index (κ2) is 6.41. The minimum absolute atomic E-state index is 0.549. The molecule has 0 amide bonds. The summed E-state index contributed by atoms with van der Waals surface area (Å²) in [5.41, 5.74) is 10.7. The van der Waals surface area contributed by atoms with Gasteiger partial charge in [0.15, 0.2) is 0 Å². The molecule has 0 fully saturated rings. The third kappa shape index (κ3) is 3.09. The summed E-state index contributed by atoms with van der Waals surface area (Å²) in [6, 6.07) is 15.2. The fraction of sp³-hybridized carbons (Fsp3) is 0.368. The lowest BCUT2D eigenvalue weighted by molar-refractivity contribution is 0.306. The Morgan fingerprint density at radius 3 is 2.50 bits per heavy atom. The molecule has 1 heterocycles. The number of nitrogens with zero attached hydrogens (tertiary/aromatic N) is 1. The maximum absolute atomic E-state index is 5.79. The van der Waals surface area contributed by atoms with Gasteiger partial charge in [-0.1, -0.05) is 44.2 Å². The molecule has 0 spiro atoms. The lowest BCUT2D eigenvalue weighted by Crippen LogP contribution is -2.32. The summed E-state index contributed by atoms with van der Waals surface area (Å²) in [6.07, 6.45) is 0. The van der Waals surface area contributed by atoms with Gasteiger partial charge in [0.2, 0.25) is 0 Å². The number of fused-ring (bicyclic) bond motifs is 1. The summed E-state index contributed by atoms with van der Waals surface area (Å²) in [4.78, 5) is 2.38. The van der Waals surface area contributed by atoms with E-state index >= 15 is 0 Å². The van der Waals surface area contributed by atoms with Gasteiger partial charge >= 0.3 is 0 Å². The Labute approximate surface area is 132 Å². The third-order valence-corrected chi connectivity index (χ3v) is 4.24. The van der Waals surface area contributed by atoms with Crippen molar-refractivity contribution in [3.63, 3.8) is 0 Å². The zero-order valence-electron chi connectivity index (χ0n) is 13.4. The molecule has 2 aromatic rings. The molecule has 3 nitrogen and oxygen atoms in total. The highest BCUT2D eigenvalue weighted by Crippen LogP contribution is 2.33. The van der Waals surface area contributed by atoms with Crippen molar-refractivity contribution in [1.29, 1.82) is 0 Å². The molecule has 0 bridgehead atoms. The molecule has 0 atom stereocenters. The number of ether oxygens (including phenoxy) is 1. The molecule has 0 aromatic heterocycles. The van der Waals surface area contributed by atoms with Crippen LogP contribution in [0.5, 0.6) is 5.75 Å². The van der Waals surface area contributed by atoms with E-state index in [0.717, 1.165) is 36.7 Å². The molecule has 0 saturated carbocycles. The second-order valence-electron chi connectivity index (χ2n) is 6.17. The zero-order valence-corrected chi connectivity index (χ0v) is 13.4. The van der Waals surface area contributed by atoms with E-state index in [1.54, 1.807) is 0 Å². The Kier molecular flexibility index (Phi) is 4.34. The van der Waals surface area contributed by atoms with Crippen molar-refractivity contribution in [1.82, 2.24) is 0 Å². The van der Waals surface area contributed by atoms with Crippen molar-refractivity contribution in [2.24, 2.45) is 5.73 Å². The van der Waals surface area contributed by atoms with Gasteiger partial charge in [-0.2, -0.15) is 0 Å². The van der Waals surface area contributed by atoms with Crippen LogP contribution in [0.2, 0.25) is 0 Å². The van der Waals surface area contributed by atoms with Gasteiger partial charge in [0.1, 0.15) is 12.4 Å². The fourth-order valence-electron chi connectivity index (χ4n) is 2.84. The molecule has 1 aliphatic rings. The Morgan fingerprint density at radius 2 is 1.82 bits per heavy atom. The van der Waals surface area contributed by atoms with E-state index in [-0.39, 0.29) is 0 Å². The summed E-state index contributed by atoms with van der Waals surface area (Å²) >= 11 is 0. The van der Waals surface area contributed by atoms with Crippen molar-refractivity contribution in [2.45, 2.75) is 32.9 Å². The molecule has 116 valence electrons. The zero-order chi connectivity index (χ0) is 15.5. The van der Waals surface area contributed by atoms with Crippen LogP contribution in [0.25, 0.3) is 0 Å². The summed E-state index contributed by atoms with van der Waals surface area (Å²) in [6.45, 7) is 7.56. The van der Waals surface area contributed by atoms with Crippen LogP contribution in [0.1, 0.15) is 36.5 Å². The Balaban J connectivity index is 1.79. The van der Waals surface area contributed by atoms with E-state index in [4.69, 9.17) is 10.5 Å². The van der Waals surface area contributed by atoms with Crippen molar-refractivity contribution in [2.75, 3.05) is 18.1 Å². The van der Waals surface area contributed by atoms with Crippen LogP contribution in [0.15, 0.2) is 42.5 Å². The van der Waals surface area contributed by atoms with E-state index in [9.17, 15) is 0 Å². The van der Waals surface area contributed by atoms with Crippen molar-refractivity contribution in [3.8, 4) is 5.75 Å². The third-order valence-electron chi connectivity index (χ3n) is 4.24. The molecule has 3 heteroatoms. The average Bonchev–Trinajstić information content (AvgIpc) is 2.55. The number of hydrogen-bond acceptors (Lipinski definition) is 3. The van der Waals surface area contributed by atoms with Crippen LogP contribution in [0.3, 0.4) is 0 Å². The monoisotopic (exact) mass is 296 g/mol. The molecule has 1 aliphatic heterocycles. The topological polar surface area (TPSA) is 38.5 Å². The highest BCUT2D eigenvalue weighted by atomic mass is 16.5.